The van der Waals surface area contributed by atoms with E-state index >= 15 is 0 Å². The molecule has 1 aromatic rings. The number of nitrogens with zero attached hydrogens (tertiary/aromatic N) is 1. The molecule has 1 aliphatic heterocycles. The van der Waals surface area contributed by atoms with Crippen LogP contribution in [0.4, 0.5) is 0 Å². The van der Waals surface area contributed by atoms with Gasteiger partial charge in [-0.25, -0.2) is 0 Å². The molecule has 0 bridgehead atoms. The average molecular weight is 270 g/mol. The second-order valence-electron chi connectivity index (χ2n) is 4.99. The Balaban J connectivity index is 2.07. The van der Waals surface area contributed by atoms with E-state index in [0.29, 0.717) is 12.6 Å². The van der Waals surface area contributed by atoms with Crippen molar-refractivity contribution in [2.75, 3.05) is 19.8 Å². The summed E-state index contributed by atoms with van der Waals surface area (Å²) in [5.74, 6) is 0. The molecule has 1 saturated heterocycles. The number of ether oxygens (including phenoxy) is 1. The number of halogens is 1. The van der Waals surface area contributed by atoms with Gasteiger partial charge >= 0.3 is 0 Å². The predicted octanol–water partition coefficient (Wildman–Crippen LogP) is 2.23. The lowest BCUT2D eigenvalue weighted by atomic mass is 10.1. The largest absolute Gasteiger partial charge is 0.394 e. The van der Waals surface area contributed by atoms with Gasteiger partial charge in [-0.1, -0.05) is 17.7 Å². The molecule has 18 heavy (non-hydrogen) atoms. The van der Waals surface area contributed by atoms with Gasteiger partial charge in [-0.2, -0.15) is 0 Å². The summed E-state index contributed by atoms with van der Waals surface area (Å²) in [4.78, 5) is 2.35. The van der Waals surface area contributed by atoms with Crippen LogP contribution in [0.15, 0.2) is 18.2 Å². The fourth-order valence-corrected chi connectivity index (χ4v) is 2.49. The standard InChI is InChI=1S/C14H20ClNO2/c1-10-5-13(15)4-3-12(10)6-16-7-14(8-17)18-9-11(16)2/h3-5,11,14,17H,6-9H2,1-2H3. The van der Waals surface area contributed by atoms with Gasteiger partial charge in [0.15, 0.2) is 0 Å². The molecular formula is C14H20ClNO2. The minimum Gasteiger partial charge on any atom is -0.394 e. The first-order valence-electron chi connectivity index (χ1n) is 6.31. The van der Waals surface area contributed by atoms with Crippen LogP contribution in [-0.2, 0) is 11.3 Å². The number of hydrogen-bond acceptors (Lipinski definition) is 3. The molecule has 3 nitrogen and oxygen atoms in total. The molecule has 0 spiro atoms. The molecule has 0 saturated carbocycles. The maximum Gasteiger partial charge on any atom is 0.0933 e. The fourth-order valence-electron chi connectivity index (χ4n) is 2.26. The van der Waals surface area contributed by atoms with Gasteiger partial charge in [0.05, 0.1) is 19.3 Å². The number of aryl methyl sites for hydroxylation is 1. The Kier molecular flexibility index (Phi) is 4.62. The van der Waals surface area contributed by atoms with Gasteiger partial charge in [0.2, 0.25) is 0 Å². The molecule has 2 rings (SSSR count). The Bertz CT molecular complexity index is 411. The normalized spacial score (nSPS) is 25.3. The summed E-state index contributed by atoms with van der Waals surface area (Å²) in [6, 6.07) is 6.38. The van der Waals surface area contributed by atoms with Crippen molar-refractivity contribution < 1.29 is 9.84 Å². The van der Waals surface area contributed by atoms with E-state index in [4.69, 9.17) is 16.3 Å². The summed E-state index contributed by atoms with van der Waals surface area (Å²) in [5, 5.41) is 9.96. The molecule has 100 valence electrons. The molecule has 2 atom stereocenters. The molecule has 1 heterocycles. The van der Waals surface area contributed by atoms with Crippen LogP contribution in [0.2, 0.25) is 5.02 Å². The van der Waals surface area contributed by atoms with Gasteiger partial charge in [0.25, 0.3) is 0 Å². The Hall–Kier alpha value is -0.610. The van der Waals surface area contributed by atoms with Gasteiger partial charge < -0.3 is 9.84 Å². The lowest BCUT2D eigenvalue weighted by Gasteiger charge is -2.37. The van der Waals surface area contributed by atoms with Crippen LogP contribution in [0.5, 0.6) is 0 Å². The van der Waals surface area contributed by atoms with Crippen molar-refractivity contribution in [3.8, 4) is 0 Å². The number of rotatable bonds is 3. The molecule has 1 aliphatic rings. The minimum absolute atomic E-state index is 0.0613. The van der Waals surface area contributed by atoms with Crippen LogP contribution in [0, 0.1) is 6.92 Å². The van der Waals surface area contributed by atoms with E-state index < -0.39 is 0 Å². The van der Waals surface area contributed by atoms with E-state index in [2.05, 4.69) is 24.8 Å². The lowest BCUT2D eigenvalue weighted by molar-refractivity contribution is -0.0805. The Morgan fingerprint density at radius 3 is 2.94 bits per heavy atom. The zero-order valence-corrected chi connectivity index (χ0v) is 11.7. The van der Waals surface area contributed by atoms with Crippen LogP contribution >= 0.6 is 11.6 Å². The number of aliphatic hydroxyl groups excluding tert-OH is 1. The highest BCUT2D eigenvalue weighted by Gasteiger charge is 2.25. The number of morpholine rings is 1. The van der Waals surface area contributed by atoms with Crippen LogP contribution in [-0.4, -0.2) is 41.9 Å². The van der Waals surface area contributed by atoms with Crippen molar-refractivity contribution in [2.45, 2.75) is 32.5 Å². The maximum atomic E-state index is 9.18. The van der Waals surface area contributed by atoms with Crippen molar-refractivity contribution in [1.29, 1.82) is 0 Å². The third-order valence-corrected chi connectivity index (χ3v) is 3.75. The predicted molar refractivity (Wildman–Crippen MR) is 72.9 cm³/mol. The highest BCUT2D eigenvalue weighted by molar-refractivity contribution is 6.30. The van der Waals surface area contributed by atoms with Crippen molar-refractivity contribution in [3.05, 3.63) is 34.3 Å². The highest BCUT2D eigenvalue weighted by atomic mass is 35.5. The smallest absolute Gasteiger partial charge is 0.0933 e. The lowest BCUT2D eigenvalue weighted by Crippen LogP contribution is -2.48. The second-order valence-corrected chi connectivity index (χ2v) is 5.42. The topological polar surface area (TPSA) is 32.7 Å². The van der Waals surface area contributed by atoms with E-state index in [-0.39, 0.29) is 12.7 Å². The van der Waals surface area contributed by atoms with Gasteiger partial charge in [0, 0.05) is 24.2 Å². The first kappa shape index (κ1) is 13.8. The number of hydrogen-bond donors (Lipinski definition) is 1. The van der Waals surface area contributed by atoms with Crippen LogP contribution in [0.25, 0.3) is 0 Å². The summed E-state index contributed by atoms with van der Waals surface area (Å²) in [6.07, 6.45) is -0.0613. The van der Waals surface area contributed by atoms with E-state index in [9.17, 15) is 5.11 Å². The van der Waals surface area contributed by atoms with Gasteiger partial charge in [-0.05, 0) is 37.1 Å². The molecule has 0 aliphatic carbocycles. The molecule has 4 heteroatoms. The summed E-state index contributed by atoms with van der Waals surface area (Å²) in [5.41, 5.74) is 2.49. The van der Waals surface area contributed by atoms with Crippen LogP contribution in [0.3, 0.4) is 0 Å². The van der Waals surface area contributed by atoms with Crippen molar-refractivity contribution in [3.63, 3.8) is 0 Å². The van der Waals surface area contributed by atoms with Crippen molar-refractivity contribution >= 4 is 11.6 Å². The Labute approximate surface area is 113 Å². The first-order chi connectivity index (χ1) is 8.60. The Morgan fingerprint density at radius 1 is 1.50 bits per heavy atom. The highest BCUT2D eigenvalue weighted by Crippen LogP contribution is 2.20. The average Bonchev–Trinajstić information content (AvgIpc) is 2.35. The third kappa shape index (κ3) is 3.23. The van der Waals surface area contributed by atoms with E-state index in [1.54, 1.807) is 0 Å². The summed E-state index contributed by atoms with van der Waals surface area (Å²) >= 11 is 5.97. The molecule has 0 amide bonds. The van der Waals surface area contributed by atoms with Crippen LogP contribution < -0.4 is 0 Å². The SMILES string of the molecule is Cc1cc(Cl)ccc1CN1CC(CO)OCC1C. The second kappa shape index (κ2) is 6.02. The minimum atomic E-state index is -0.0613. The quantitative estimate of drug-likeness (QED) is 0.913. The molecule has 1 aromatic carbocycles. The molecule has 2 unspecified atom stereocenters. The zero-order valence-electron chi connectivity index (χ0n) is 10.9. The third-order valence-electron chi connectivity index (χ3n) is 3.52. The van der Waals surface area contributed by atoms with Gasteiger partial charge in [-0.3, -0.25) is 4.90 Å². The summed E-state index contributed by atoms with van der Waals surface area (Å²) < 4.78 is 5.54. The van der Waals surface area contributed by atoms with Gasteiger partial charge in [0.1, 0.15) is 0 Å². The van der Waals surface area contributed by atoms with E-state index in [1.807, 2.05) is 12.1 Å². The Morgan fingerprint density at radius 2 is 2.28 bits per heavy atom. The maximum absolute atomic E-state index is 9.18. The number of benzene rings is 1. The fraction of sp³-hybridized carbons (Fsp3) is 0.571. The molecular weight excluding hydrogens is 250 g/mol. The first-order valence-corrected chi connectivity index (χ1v) is 6.69. The molecule has 1 N–H and O–H groups in total. The van der Waals surface area contributed by atoms with Crippen LogP contribution in [0.1, 0.15) is 18.1 Å². The number of aliphatic hydroxyl groups is 1. The monoisotopic (exact) mass is 269 g/mol. The molecule has 1 fully saturated rings. The summed E-state index contributed by atoms with van der Waals surface area (Å²) in [7, 11) is 0. The van der Waals surface area contributed by atoms with E-state index in [0.717, 1.165) is 18.1 Å². The summed E-state index contributed by atoms with van der Waals surface area (Å²) in [6.45, 7) is 6.65. The van der Waals surface area contributed by atoms with Crippen molar-refractivity contribution in [1.82, 2.24) is 4.90 Å². The zero-order chi connectivity index (χ0) is 13.1. The van der Waals surface area contributed by atoms with E-state index in [1.165, 1.54) is 11.1 Å². The van der Waals surface area contributed by atoms with Gasteiger partial charge in [-0.15, -0.1) is 0 Å². The molecule has 0 radical (unpaired) electrons. The van der Waals surface area contributed by atoms with Crippen molar-refractivity contribution in [2.24, 2.45) is 0 Å². The molecule has 0 aromatic heterocycles.